The summed E-state index contributed by atoms with van der Waals surface area (Å²) in [5.74, 6) is 0.506. The lowest BCUT2D eigenvalue weighted by Gasteiger charge is -2.30. The third-order valence-electron chi connectivity index (χ3n) is 3.25. The minimum Gasteiger partial charge on any atom is -0.461 e. The van der Waals surface area contributed by atoms with Crippen LogP contribution < -0.4 is 10.1 Å². The van der Waals surface area contributed by atoms with Crippen molar-refractivity contribution in [3.63, 3.8) is 0 Å². The van der Waals surface area contributed by atoms with E-state index in [1.165, 1.54) is 19.3 Å². The Morgan fingerprint density at radius 2 is 2.00 bits per heavy atom. The number of halogens is 1. The fourth-order valence-electron chi connectivity index (χ4n) is 2.37. The lowest BCUT2D eigenvalue weighted by Crippen LogP contribution is -2.35. The van der Waals surface area contributed by atoms with Crippen LogP contribution in [0.4, 0.5) is 5.95 Å². The summed E-state index contributed by atoms with van der Waals surface area (Å²) in [5.41, 5.74) is 0. The first-order valence-corrected chi connectivity index (χ1v) is 8.62. The van der Waals surface area contributed by atoms with Crippen LogP contribution in [-0.4, -0.2) is 38.6 Å². The number of hydrogen-bond acceptors (Lipinski definition) is 6. The second-order valence-corrected chi connectivity index (χ2v) is 6.60. The number of anilines is 1. The fourth-order valence-corrected chi connectivity index (χ4v) is 3.46. The topological polar surface area (TPSA) is 59.9 Å². The van der Waals surface area contributed by atoms with Crippen LogP contribution in [0, 0.1) is 0 Å². The summed E-state index contributed by atoms with van der Waals surface area (Å²) in [6.45, 7) is 3.85. The Bertz CT molecular complexity index is 446. The predicted molar refractivity (Wildman–Crippen MR) is 83.8 cm³/mol. The van der Waals surface area contributed by atoms with E-state index in [0.717, 1.165) is 6.42 Å². The van der Waals surface area contributed by atoms with E-state index in [1.807, 2.05) is 25.6 Å². The second kappa shape index (κ2) is 7.31. The van der Waals surface area contributed by atoms with Crippen LogP contribution in [-0.2, 0) is 0 Å². The first-order valence-electron chi connectivity index (χ1n) is 6.96. The Hall–Kier alpha value is -0.750. The summed E-state index contributed by atoms with van der Waals surface area (Å²) in [6.07, 6.45) is 7.06. The Morgan fingerprint density at radius 3 is 2.70 bits per heavy atom. The van der Waals surface area contributed by atoms with Crippen molar-refractivity contribution in [2.24, 2.45) is 0 Å². The first kappa shape index (κ1) is 15.6. The van der Waals surface area contributed by atoms with E-state index >= 15 is 0 Å². The zero-order valence-electron chi connectivity index (χ0n) is 12.1. The van der Waals surface area contributed by atoms with Gasteiger partial charge in [-0.2, -0.15) is 26.7 Å². The van der Waals surface area contributed by atoms with Crippen molar-refractivity contribution < 1.29 is 4.74 Å². The molecule has 0 aromatic carbocycles. The average molecular weight is 317 g/mol. The molecule has 1 aliphatic carbocycles. The predicted octanol–water partition coefficient (Wildman–Crippen LogP) is 3.40. The maximum absolute atomic E-state index is 5.93. The van der Waals surface area contributed by atoms with Crippen LogP contribution in [0.15, 0.2) is 0 Å². The largest absolute Gasteiger partial charge is 0.461 e. The first-order chi connectivity index (χ1) is 9.58. The van der Waals surface area contributed by atoms with Gasteiger partial charge in [-0.1, -0.05) is 12.8 Å². The molecule has 0 saturated heterocycles. The molecule has 1 aromatic heterocycles. The van der Waals surface area contributed by atoms with E-state index in [4.69, 9.17) is 16.3 Å². The molecular weight excluding hydrogens is 296 g/mol. The minimum absolute atomic E-state index is 0.00921. The average Bonchev–Trinajstić information content (AvgIpc) is 2.37. The van der Waals surface area contributed by atoms with Crippen LogP contribution >= 0.6 is 23.4 Å². The molecule has 0 radical (unpaired) electrons. The summed E-state index contributed by atoms with van der Waals surface area (Å²) < 4.78 is 5.49. The maximum Gasteiger partial charge on any atom is 0.322 e. The molecule has 1 N–H and O–H groups in total. The molecule has 0 spiro atoms. The maximum atomic E-state index is 5.93. The molecule has 0 amide bonds. The molecule has 1 heterocycles. The normalized spacial score (nSPS) is 22.9. The van der Waals surface area contributed by atoms with Gasteiger partial charge in [0.05, 0.1) is 6.10 Å². The van der Waals surface area contributed by atoms with Gasteiger partial charge in [-0.15, -0.1) is 0 Å². The number of aromatic nitrogens is 3. The van der Waals surface area contributed by atoms with Gasteiger partial charge in [-0.25, -0.2) is 0 Å². The Labute approximate surface area is 129 Å². The van der Waals surface area contributed by atoms with Gasteiger partial charge in [0, 0.05) is 11.3 Å². The van der Waals surface area contributed by atoms with Crippen molar-refractivity contribution in [2.45, 2.75) is 56.9 Å². The summed E-state index contributed by atoms with van der Waals surface area (Å²) in [6, 6.07) is 0.656. The van der Waals surface area contributed by atoms with Crippen LogP contribution in [0.1, 0.15) is 39.5 Å². The van der Waals surface area contributed by atoms with Crippen LogP contribution in [0.5, 0.6) is 6.01 Å². The molecule has 2 unspecified atom stereocenters. The molecule has 1 aromatic rings. The van der Waals surface area contributed by atoms with Gasteiger partial charge in [-0.3, -0.25) is 0 Å². The molecule has 1 aliphatic rings. The smallest absolute Gasteiger partial charge is 0.322 e. The van der Waals surface area contributed by atoms with Gasteiger partial charge in [0.15, 0.2) is 0 Å². The minimum atomic E-state index is 0.00921. The van der Waals surface area contributed by atoms with E-state index in [1.54, 1.807) is 0 Å². The molecule has 112 valence electrons. The SMILES string of the molecule is CSC1CCCCC1Nc1nc(Cl)nc(OC(C)C)n1. The van der Waals surface area contributed by atoms with Gasteiger partial charge in [-0.05, 0) is 44.5 Å². The number of thioether (sulfide) groups is 1. The van der Waals surface area contributed by atoms with E-state index < -0.39 is 0 Å². The molecule has 0 aliphatic heterocycles. The Morgan fingerprint density at radius 1 is 1.25 bits per heavy atom. The van der Waals surface area contributed by atoms with Crippen molar-refractivity contribution in [2.75, 3.05) is 11.6 Å². The summed E-state index contributed by atoms with van der Waals surface area (Å²) >= 11 is 7.83. The molecule has 20 heavy (non-hydrogen) atoms. The highest BCUT2D eigenvalue weighted by molar-refractivity contribution is 7.99. The monoisotopic (exact) mass is 316 g/mol. The van der Waals surface area contributed by atoms with Gasteiger partial charge in [0.25, 0.3) is 0 Å². The lowest BCUT2D eigenvalue weighted by atomic mass is 9.95. The van der Waals surface area contributed by atoms with E-state index in [9.17, 15) is 0 Å². The van der Waals surface area contributed by atoms with Crippen LogP contribution in [0.3, 0.4) is 0 Å². The summed E-state index contributed by atoms with van der Waals surface area (Å²) in [5, 5.41) is 4.14. The molecular formula is C13H21ClN4OS. The van der Waals surface area contributed by atoms with Crippen LogP contribution in [0.25, 0.3) is 0 Å². The van der Waals surface area contributed by atoms with Crippen molar-refractivity contribution in [1.29, 1.82) is 0 Å². The zero-order valence-corrected chi connectivity index (χ0v) is 13.7. The molecule has 2 rings (SSSR count). The zero-order chi connectivity index (χ0) is 14.5. The third-order valence-corrected chi connectivity index (χ3v) is 4.59. The standard InChI is InChI=1S/C13H21ClN4OS/c1-8(2)19-13-17-11(14)16-12(18-13)15-9-6-4-5-7-10(9)20-3/h8-10H,4-7H2,1-3H3,(H,15,16,17,18). The van der Waals surface area contributed by atoms with Gasteiger partial charge < -0.3 is 10.1 Å². The Kier molecular flexibility index (Phi) is 5.72. The summed E-state index contributed by atoms with van der Waals surface area (Å²) in [7, 11) is 0. The van der Waals surface area contributed by atoms with Crippen molar-refractivity contribution in [3.05, 3.63) is 5.28 Å². The van der Waals surface area contributed by atoms with Gasteiger partial charge >= 0.3 is 6.01 Å². The Balaban J connectivity index is 2.09. The molecule has 1 fully saturated rings. The van der Waals surface area contributed by atoms with E-state index in [-0.39, 0.29) is 17.4 Å². The van der Waals surface area contributed by atoms with Crippen molar-refractivity contribution in [1.82, 2.24) is 15.0 Å². The molecule has 7 heteroatoms. The van der Waals surface area contributed by atoms with Gasteiger partial charge in [0.1, 0.15) is 0 Å². The number of nitrogens with one attached hydrogen (secondary N) is 1. The quantitative estimate of drug-likeness (QED) is 0.898. The van der Waals surface area contributed by atoms with Gasteiger partial charge in [0.2, 0.25) is 11.2 Å². The third kappa shape index (κ3) is 4.38. The van der Waals surface area contributed by atoms with Crippen LogP contribution in [0.2, 0.25) is 5.28 Å². The molecule has 5 nitrogen and oxygen atoms in total. The second-order valence-electron chi connectivity index (χ2n) is 5.19. The van der Waals surface area contributed by atoms with Crippen molar-refractivity contribution in [3.8, 4) is 6.01 Å². The molecule has 2 atom stereocenters. The van der Waals surface area contributed by atoms with Crippen molar-refractivity contribution >= 4 is 29.3 Å². The van der Waals surface area contributed by atoms with E-state index in [0.29, 0.717) is 17.2 Å². The number of nitrogens with zero attached hydrogens (tertiary/aromatic N) is 3. The number of rotatable bonds is 5. The highest BCUT2D eigenvalue weighted by Crippen LogP contribution is 2.29. The fraction of sp³-hybridized carbons (Fsp3) is 0.769. The lowest BCUT2D eigenvalue weighted by molar-refractivity contribution is 0.222. The molecule has 0 bridgehead atoms. The number of hydrogen-bond donors (Lipinski definition) is 1. The number of ether oxygens (including phenoxy) is 1. The summed E-state index contributed by atoms with van der Waals surface area (Å²) in [4.78, 5) is 12.4. The van der Waals surface area contributed by atoms with E-state index in [2.05, 4.69) is 26.5 Å². The molecule has 1 saturated carbocycles. The highest BCUT2D eigenvalue weighted by Gasteiger charge is 2.25. The highest BCUT2D eigenvalue weighted by atomic mass is 35.5.